The molecule has 0 saturated heterocycles. The normalized spacial score (nSPS) is 12.2. The Morgan fingerprint density at radius 1 is 1.24 bits per heavy atom. The summed E-state index contributed by atoms with van der Waals surface area (Å²) in [6.07, 6.45) is 1.81. The Morgan fingerprint density at radius 3 is 2.71 bits per heavy atom. The molecular formula is C13H14BrN3. The number of anilines is 1. The third-order valence-corrected chi connectivity index (χ3v) is 3.00. The molecule has 2 aromatic heterocycles. The highest BCUT2D eigenvalue weighted by Crippen LogP contribution is 2.21. The number of halogens is 1. The van der Waals surface area contributed by atoms with Gasteiger partial charge in [-0.2, -0.15) is 0 Å². The largest absolute Gasteiger partial charge is 0.375 e. The van der Waals surface area contributed by atoms with Crippen molar-refractivity contribution in [3.05, 3.63) is 52.5 Å². The van der Waals surface area contributed by atoms with E-state index in [0.717, 1.165) is 21.7 Å². The molecule has 0 fully saturated rings. The van der Waals surface area contributed by atoms with Crippen molar-refractivity contribution < 1.29 is 0 Å². The minimum Gasteiger partial charge on any atom is -0.375 e. The van der Waals surface area contributed by atoms with Gasteiger partial charge in [-0.15, -0.1) is 0 Å². The van der Waals surface area contributed by atoms with E-state index in [1.807, 2.05) is 37.3 Å². The number of aryl methyl sites for hydroxylation is 1. The van der Waals surface area contributed by atoms with Crippen LogP contribution in [0.5, 0.6) is 0 Å². The summed E-state index contributed by atoms with van der Waals surface area (Å²) < 4.78 is 0.853. The molecule has 88 valence electrons. The van der Waals surface area contributed by atoms with Gasteiger partial charge in [0.25, 0.3) is 0 Å². The molecule has 0 bridgehead atoms. The van der Waals surface area contributed by atoms with E-state index >= 15 is 0 Å². The molecule has 3 nitrogen and oxygen atoms in total. The predicted molar refractivity (Wildman–Crippen MR) is 72.9 cm³/mol. The molecule has 17 heavy (non-hydrogen) atoms. The van der Waals surface area contributed by atoms with Gasteiger partial charge in [-0.3, -0.25) is 4.98 Å². The van der Waals surface area contributed by atoms with E-state index in [0.29, 0.717) is 0 Å². The first-order valence-electron chi connectivity index (χ1n) is 5.47. The molecular weight excluding hydrogens is 278 g/mol. The summed E-state index contributed by atoms with van der Waals surface area (Å²) in [7, 11) is 0. The summed E-state index contributed by atoms with van der Waals surface area (Å²) >= 11 is 3.36. The van der Waals surface area contributed by atoms with E-state index in [1.54, 1.807) is 6.20 Å². The maximum absolute atomic E-state index is 4.35. The van der Waals surface area contributed by atoms with Gasteiger partial charge in [0.1, 0.15) is 4.60 Å². The molecule has 0 spiro atoms. The number of hydrogen-bond donors (Lipinski definition) is 1. The standard InChI is InChI=1S/C13H14BrN3/c1-9(11-5-3-4-8-15-11)16-12-6-7-13(14)17-10(12)2/h3-9,16H,1-2H3. The molecule has 0 amide bonds. The van der Waals surface area contributed by atoms with E-state index in [1.165, 1.54) is 0 Å². The second kappa shape index (κ2) is 5.27. The summed E-state index contributed by atoms with van der Waals surface area (Å²) in [4.78, 5) is 8.68. The molecule has 1 atom stereocenters. The molecule has 0 aliphatic heterocycles. The Balaban J connectivity index is 2.16. The fourth-order valence-electron chi connectivity index (χ4n) is 1.62. The molecule has 0 radical (unpaired) electrons. The van der Waals surface area contributed by atoms with Crippen LogP contribution in [-0.4, -0.2) is 9.97 Å². The molecule has 1 unspecified atom stereocenters. The maximum Gasteiger partial charge on any atom is 0.106 e. The average Bonchev–Trinajstić information content (AvgIpc) is 2.34. The molecule has 0 aromatic carbocycles. The van der Waals surface area contributed by atoms with Gasteiger partial charge in [0.2, 0.25) is 0 Å². The molecule has 1 N–H and O–H groups in total. The third-order valence-electron chi connectivity index (χ3n) is 2.56. The number of hydrogen-bond acceptors (Lipinski definition) is 3. The van der Waals surface area contributed by atoms with Crippen molar-refractivity contribution in [2.45, 2.75) is 19.9 Å². The van der Waals surface area contributed by atoms with Gasteiger partial charge in [0.05, 0.1) is 23.1 Å². The molecule has 4 heteroatoms. The van der Waals surface area contributed by atoms with Crippen LogP contribution in [0.3, 0.4) is 0 Å². The van der Waals surface area contributed by atoms with Gasteiger partial charge >= 0.3 is 0 Å². The Kier molecular flexibility index (Phi) is 3.74. The Hall–Kier alpha value is -1.42. The van der Waals surface area contributed by atoms with Crippen molar-refractivity contribution in [1.82, 2.24) is 9.97 Å². The smallest absolute Gasteiger partial charge is 0.106 e. The minimum absolute atomic E-state index is 0.165. The molecule has 0 aliphatic rings. The Bertz CT molecular complexity index is 499. The topological polar surface area (TPSA) is 37.8 Å². The number of pyridine rings is 2. The monoisotopic (exact) mass is 291 g/mol. The summed E-state index contributed by atoms with van der Waals surface area (Å²) in [5, 5.41) is 3.41. The second-order valence-electron chi connectivity index (χ2n) is 3.89. The van der Waals surface area contributed by atoms with Gasteiger partial charge < -0.3 is 5.32 Å². The van der Waals surface area contributed by atoms with Gasteiger partial charge in [0, 0.05) is 6.20 Å². The van der Waals surface area contributed by atoms with Crippen molar-refractivity contribution >= 4 is 21.6 Å². The van der Waals surface area contributed by atoms with Crippen molar-refractivity contribution in [3.63, 3.8) is 0 Å². The zero-order valence-electron chi connectivity index (χ0n) is 9.81. The average molecular weight is 292 g/mol. The lowest BCUT2D eigenvalue weighted by Gasteiger charge is -2.16. The summed E-state index contributed by atoms with van der Waals surface area (Å²) in [5.74, 6) is 0. The van der Waals surface area contributed by atoms with E-state index in [-0.39, 0.29) is 6.04 Å². The van der Waals surface area contributed by atoms with Gasteiger partial charge in [0.15, 0.2) is 0 Å². The minimum atomic E-state index is 0.165. The summed E-state index contributed by atoms with van der Waals surface area (Å²) in [6, 6.07) is 10.0. The van der Waals surface area contributed by atoms with Crippen LogP contribution in [-0.2, 0) is 0 Å². The van der Waals surface area contributed by atoms with Crippen molar-refractivity contribution in [3.8, 4) is 0 Å². The Morgan fingerprint density at radius 2 is 2.06 bits per heavy atom. The summed E-state index contributed by atoms with van der Waals surface area (Å²) in [6.45, 7) is 4.07. The highest BCUT2D eigenvalue weighted by atomic mass is 79.9. The van der Waals surface area contributed by atoms with E-state index < -0.39 is 0 Å². The fourth-order valence-corrected chi connectivity index (χ4v) is 2.02. The fraction of sp³-hybridized carbons (Fsp3) is 0.231. The van der Waals surface area contributed by atoms with Crippen LogP contribution in [0, 0.1) is 6.92 Å². The second-order valence-corrected chi connectivity index (χ2v) is 4.70. The van der Waals surface area contributed by atoms with Gasteiger partial charge in [-0.25, -0.2) is 4.98 Å². The van der Waals surface area contributed by atoms with E-state index in [2.05, 4.69) is 38.1 Å². The van der Waals surface area contributed by atoms with Gasteiger partial charge in [-0.05, 0) is 54.0 Å². The highest BCUT2D eigenvalue weighted by Gasteiger charge is 2.08. The quantitative estimate of drug-likeness (QED) is 0.876. The van der Waals surface area contributed by atoms with Crippen LogP contribution >= 0.6 is 15.9 Å². The van der Waals surface area contributed by atoms with E-state index in [9.17, 15) is 0 Å². The number of rotatable bonds is 3. The van der Waals surface area contributed by atoms with Crippen molar-refractivity contribution in [2.75, 3.05) is 5.32 Å². The SMILES string of the molecule is Cc1nc(Br)ccc1NC(C)c1ccccn1. The highest BCUT2D eigenvalue weighted by molar-refractivity contribution is 9.10. The van der Waals surface area contributed by atoms with E-state index in [4.69, 9.17) is 0 Å². The molecule has 0 saturated carbocycles. The lowest BCUT2D eigenvalue weighted by Crippen LogP contribution is -2.09. The molecule has 0 aliphatic carbocycles. The Labute approximate surface area is 109 Å². The predicted octanol–water partition coefficient (Wildman–Crippen LogP) is 3.72. The maximum atomic E-state index is 4.35. The number of aromatic nitrogens is 2. The first-order chi connectivity index (χ1) is 8.16. The van der Waals surface area contributed by atoms with Gasteiger partial charge in [-0.1, -0.05) is 6.07 Å². The third kappa shape index (κ3) is 3.03. The first-order valence-corrected chi connectivity index (χ1v) is 6.27. The van der Waals surface area contributed by atoms with Crippen LogP contribution < -0.4 is 5.32 Å². The van der Waals surface area contributed by atoms with Crippen LogP contribution in [0.1, 0.15) is 24.4 Å². The lowest BCUT2D eigenvalue weighted by atomic mass is 10.2. The summed E-state index contributed by atoms with van der Waals surface area (Å²) in [5.41, 5.74) is 3.03. The lowest BCUT2D eigenvalue weighted by molar-refractivity contribution is 0.835. The zero-order chi connectivity index (χ0) is 12.3. The molecule has 2 heterocycles. The number of nitrogens with one attached hydrogen (secondary N) is 1. The van der Waals surface area contributed by atoms with Crippen LogP contribution in [0.2, 0.25) is 0 Å². The van der Waals surface area contributed by atoms with Crippen LogP contribution in [0.15, 0.2) is 41.1 Å². The zero-order valence-corrected chi connectivity index (χ0v) is 11.4. The van der Waals surface area contributed by atoms with Crippen molar-refractivity contribution in [1.29, 1.82) is 0 Å². The van der Waals surface area contributed by atoms with Crippen LogP contribution in [0.25, 0.3) is 0 Å². The van der Waals surface area contributed by atoms with Crippen molar-refractivity contribution in [2.24, 2.45) is 0 Å². The molecule has 2 rings (SSSR count). The first kappa shape index (κ1) is 12.0. The van der Waals surface area contributed by atoms with Crippen LogP contribution in [0.4, 0.5) is 5.69 Å². The number of nitrogens with zero attached hydrogens (tertiary/aromatic N) is 2. The molecule has 2 aromatic rings.